The molecule has 0 aliphatic rings. The lowest BCUT2D eigenvalue weighted by Crippen LogP contribution is -2.55. The Labute approximate surface area is 258 Å². The Morgan fingerprint density at radius 1 is 0.711 bits per heavy atom. The topological polar surface area (TPSA) is 202 Å². The van der Waals surface area contributed by atoms with E-state index in [2.05, 4.69) is 25.9 Å². The largest absolute Gasteiger partial charge is 0.508 e. The lowest BCUT2D eigenvalue weighted by molar-refractivity contribution is -0.142. The fourth-order valence-corrected chi connectivity index (χ4v) is 5.25. The third-order valence-electron chi connectivity index (χ3n) is 7.62. The fourth-order valence-electron chi connectivity index (χ4n) is 5.25. The minimum atomic E-state index is -1.27. The summed E-state index contributed by atoms with van der Waals surface area (Å²) < 4.78 is 0. The number of rotatable bonds is 13. The Morgan fingerprint density at radius 3 is 1.84 bits per heavy atom. The molecular weight excluding hydrogens is 576 g/mol. The molecule has 3 atom stereocenters. The number of para-hydroxylation sites is 2. The van der Waals surface area contributed by atoms with Gasteiger partial charge in [-0.3, -0.25) is 14.4 Å². The number of nitrogens with two attached hydrogens (primary N) is 1. The molecule has 0 aliphatic heterocycles. The maximum absolute atomic E-state index is 13.6. The number of benzene rings is 3. The smallest absolute Gasteiger partial charge is 0.326 e. The van der Waals surface area contributed by atoms with Crippen molar-refractivity contribution in [3.63, 3.8) is 0 Å². The van der Waals surface area contributed by atoms with Crippen LogP contribution in [0.2, 0.25) is 0 Å². The van der Waals surface area contributed by atoms with Gasteiger partial charge in [-0.2, -0.15) is 0 Å². The van der Waals surface area contributed by atoms with Crippen molar-refractivity contribution in [1.29, 1.82) is 0 Å². The Kier molecular flexibility index (Phi) is 9.44. The highest BCUT2D eigenvalue weighted by molar-refractivity contribution is 5.94. The molecule has 0 spiro atoms. The van der Waals surface area contributed by atoms with Crippen LogP contribution in [0.3, 0.4) is 0 Å². The van der Waals surface area contributed by atoms with Crippen LogP contribution in [0.25, 0.3) is 21.8 Å². The molecule has 45 heavy (non-hydrogen) atoms. The van der Waals surface area contributed by atoms with Crippen molar-refractivity contribution in [2.75, 3.05) is 6.54 Å². The third-order valence-corrected chi connectivity index (χ3v) is 7.62. The Balaban J connectivity index is 1.27. The molecule has 2 aromatic heterocycles. The normalized spacial score (nSPS) is 13.2. The van der Waals surface area contributed by atoms with Gasteiger partial charge in [-0.05, 0) is 47.4 Å². The number of amides is 3. The lowest BCUT2D eigenvalue weighted by Gasteiger charge is -2.22. The quantitative estimate of drug-likeness (QED) is 0.0994. The van der Waals surface area contributed by atoms with Gasteiger partial charge in [-0.25, -0.2) is 4.79 Å². The summed E-state index contributed by atoms with van der Waals surface area (Å²) in [7, 11) is 0. The van der Waals surface area contributed by atoms with Crippen LogP contribution in [-0.2, 0) is 38.4 Å². The highest BCUT2D eigenvalue weighted by Gasteiger charge is 2.28. The molecule has 5 rings (SSSR count). The van der Waals surface area contributed by atoms with E-state index in [1.54, 1.807) is 24.5 Å². The first-order valence-electron chi connectivity index (χ1n) is 14.4. The van der Waals surface area contributed by atoms with Crippen molar-refractivity contribution in [2.45, 2.75) is 37.4 Å². The van der Waals surface area contributed by atoms with Crippen LogP contribution in [0.4, 0.5) is 0 Å². The average molecular weight is 611 g/mol. The highest BCUT2D eigenvalue weighted by atomic mass is 16.4. The van der Waals surface area contributed by atoms with Crippen molar-refractivity contribution in [1.82, 2.24) is 25.9 Å². The second-order valence-corrected chi connectivity index (χ2v) is 10.8. The molecule has 0 radical (unpaired) electrons. The SMILES string of the molecule is NC(Cc1ccc(O)cc1)C(=O)NCC(=O)NC(Cc1c[nH]c2ccccc12)C(=O)NC(Cc1c[nH]c2ccccc12)C(=O)O. The van der Waals surface area contributed by atoms with Crippen LogP contribution in [0.15, 0.2) is 85.2 Å². The van der Waals surface area contributed by atoms with E-state index in [-0.39, 0.29) is 25.0 Å². The Hall–Kier alpha value is -5.62. The zero-order chi connectivity index (χ0) is 31.9. The number of aromatic nitrogens is 2. The van der Waals surface area contributed by atoms with Gasteiger partial charge in [0.05, 0.1) is 12.6 Å². The Morgan fingerprint density at radius 2 is 1.27 bits per heavy atom. The summed E-state index contributed by atoms with van der Waals surface area (Å²) in [6.45, 7) is -0.447. The molecule has 12 heteroatoms. The van der Waals surface area contributed by atoms with E-state index in [1.807, 2.05) is 48.5 Å². The van der Waals surface area contributed by atoms with E-state index in [9.17, 15) is 29.4 Å². The minimum Gasteiger partial charge on any atom is -0.508 e. The molecule has 5 aromatic rings. The fraction of sp³-hybridized carbons (Fsp3) is 0.212. The predicted octanol–water partition coefficient (Wildman–Crippen LogP) is 1.88. The number of aromatic amines is 2. The number of phenols is 1. The number of carboxylic acid groups (broad SMARTS) is 1. The molecule has 0 saturated carbocycles. The summed E-state index contributed by atoms with van der Waals surface area (Å²) in [6.07, 6.45) is 3.73. The molecule has 12 nitrogen and oxygen atoms in total. The Bertz CT molecular complexity index is 1830. The van der Waals surface area contributed by atoms with E-state index < -0.39 is 48.4 Å². The average Bonchev–Trinajstić information content (AvgIpc) is 3.64. The summed E-state index contributed by atoms with van der Waals surface area (Å²) in [4.78, 5) is 57.7. The number of carboxylic acids is 1. The minimum absolute atomic E-state index is 0.0216. The highest BCUT2D eigenvalue weighted by Crippen LogP contribution is 2.21. The molecule has 2 heterocycles. The number of hydrogen-bond donors (Lipinski definition) is 8. The summed E-state index contributed by atoms with van der Waals surface area (Å²) in [5, 5.41) is 28.9. The molecule has 3 unspecified atom stereocenters. The maximum atomic E-state index is 13.6. The molecular formula is C33H34N6O6. The number of H-pyrrole nitrogens is 2. The van der Waals surface area contributed by atoms with Gasteiger partial charge in [0.25, 0.3) is 0 Å². The second kappa shape index (κ2) is 13.8. The number of carbonyl (C=O) groups is 4. The summed E-state index contributed by atoms with van der Waals surface area (Å²) in [5.41, 5.74) is 9.90. The van der Waals surface area contributed by atoms with Crippen LogP contribution < -0.4 is 21.7 Å². The molecule has 232 valence electrons. The molecule has 3 aromatic carbocycles. The monoisotopic (exact) mass is 610 g/mol. The number of carbonyl (C=O) groups excluding carboxylic acids is 3. The first-order valence-corrected chi connectivity index (χ1v) is 14.4. The number of nitrogens with one attached hydrogen (secondary N) is 5. The molecule has 0 saturated heterocycles. The first kappa shape index (κ1) is 30.8. The van der Waals surface area contributed by atoms with E-state index in [1.165, 1.54) is 12.1 Å². The number of phenolic OH excluding ortho intramolecular Hbond substituents is 1. The zero-order valence-electron chi connectivity index (χ0n) is 24.2. The molecule has 0 fully saturated rings. The van der Waals surface area contributed by atoms with Gasteiger partial charge in [-0.15, -0.1) is 0 Å². The van der Waals surface area contributed by atoms with Gasteiger partial charge in [0.1, 0.15) is 17.8 Å². The van der Waals surface area contributed by atoms with E-state index in [0.29, 0.717) is 0 Å². The number of hydrogen-bond acceptors (Lipinski definition) is 6. The van der Waals surface area contributed by atoms with Crippen molar-refractivity contribution in [3.05, 3.63) is 102 Å². The standard InChI is InChI=1S/C33H34N6O6/c34-25(13-19-9-11-22(40)12-10-19)31(42)37-18-30(41)38-28(14-20-16-35-26-7-3-1-5-23(20)26)32(43)39-29(33(44)45)15-21-17-36-27-8-4-2-6-24(21)27/h1-12,16-17,25,28-29,35-36,40H,13-15,18,34H2,(H,37,42)(H,38,41)(H,39,43)(H,44,45). The van der Waals surface area contributed by atoms with Crippen molar-refractivity contribution in [3.8, 4) is 5.75 Å². The van der Waals surface area contributed by atoms with Gasteiger partial charge >= 0.3 is 5.97 Å². The van der Waals surface area contributed by atoms with E-state index in [4.69, 9.17) is 5.73 Å². The number of aromatic hydroxyl groups is 1. The van der Waals surface area contributed by atoms with Crippen LogP contribution in [0, 0.1) is 0 Å². The third kappa shape index (κ3) is 7.67. The van der Waals surface area contributed by atoms with Gasteiger partial charge < -0.3 is 41.9 Å². The van der Waals surface area contributed by atoms with Gasteiger partial charge in [0.2, 0.25) is 17.7 Å². The van der Waals surface area contributed by atoms with Crippen LogP contribution in [-0.4, -0.2) is 68.5 Å². The molecule has 0 aliphatic carbocycles. The molecule has 9 N–H and O–H groups in total. The summed E-state index contributed by atoms with van der Waals surface area (Å²) in [5.74, 6) is -3.03. The number of aliphatic carboxylic acids is 1. The zero-order valence-corrected chi connectivity index (χ0v) is 24.2. The molecule has 0 bridgehead atoms. The van der Waals surface area contributed by atoms with Crippen LogP contribution >= 0.6 is 0 Å². The van der Waals surface area contributed by atoms with Gasteiger partial charge in [-0.1, -0.05) is 48.5 Å². The summed E-state index contributed by atoms with van der Waals surface area (Å²) in [6, 6.07) is 17.8. The summed E-state index contributed by atoms with van der Waals surface area (Å²) >= 11 is 0. The van der Waals surface area contributed by atoms with Crippen LogP contribution in [0.1, 0.15) is 16.7 Å². The van der Waals surface area contributed by atoms with Crippen molar-refractivity contribution < 1.29 is 29.4 Å². The molecule has 3 amide bonds. The van der Waals surface area contributed by atoms with E-state index >= 15 is 0 Å². The van der Waals surface area contributed by atoms with Gasteiger partial charge in [0, 0.05) is 47.0 Å². The predicted molar refractivity (Wildman–Crippen MR) is 168 cm³/mol. The van der Waals surface area contributed by atoms with E-state index in [0.717, 1.165) is 38.5 Å². The van der Waals surface area contributed by atoms with Gasteiger partial charge in [0.15, 0.2) is 0 Å². The van der Waals surface area contributed by atoms with Crippen LogP contribution in [0.5, 0.6) is 5.75 Å². The second-order valence-electron chi connectivity index (χ2n) is 10.8. The van der Waals surface area contributed by atoms with Crippen molar-refractivity contribution >= 4 is 45.5 Å². The first-order chi connectivity index (χ1) is 21.7. The lowest BCUT2D eigenvalue weighted by atomic mass is 10.0. The maximum Gasteiger partial charge on any atom is 0.326 e. The van der Waals surface area contributed by atoms with Crippen molar-refractivity contribution in [2.24, 2.45) is 5.73 Å². The number of fused-ring (bicyclic) bond motifs is 2.